The maximum atomic E-state index is 11.9. The molecule has 0 spiro atoms. The maximum Gasteiger partial charge on any atom is 0.248 e. The third-order valence-electron chi connectivity index (χ3n) is 4.92. The van der Waals surface area contributed by atoms with E-state index in [0.717, 1.165) is 42.0 Å². The summed E-state index contributed by atoms with van der Waals surface area (Å²) < 4.78 is 3.74. The number of aromatic nitrogens is 7. The normalized spacial score (nSPS) is 11.6. The lowest BCUT2D eigenvalue weighted by Gasteiger charge is -2.08. The second-order valence-corrected chi connectivity index (χ2v) is 7.53. The van der Waals surface area contributed by atoms with Gasteiger partial charge in [0.15, 0.2) is 11.6 Å². The van der Waals surface area contributed by atoms with E-state index in [2.05, 4.69) is 30.3 Å². The molecule has 0 aliphatic heterocycles. The van der Waals surface area contributed by atoms with E-state index in [-0.39, 0.29) is 0 Å². The van der Waals surface area contributed by atoms with Crippen LogP contribution in [0.25, 0.3) is 33.8 Å². The van der Waals surface area contributed by atoms with Crippen molar-refractivity contribution in [3.63, 3.8) is 0 Å². The maximum absolute atomic E-state index is 11.9. The van der Waals surface area contributed by atoms with Crippen LogP contribution in [0, 0.1) is 6.92 Å². The number of amides is 1. The Morgan fingerprint density at radius 2 is 1.93 bits per heavy atom. The van der Waals surface area contributed by atoms with Gasteiger partial charge < -0.3 is 15.6 Å². The summed E-state index contributed by atoms with van der Waals surface area (Å²) in [5.41, 5.74) is 9.12. The van der Waals surface area contributed by atoms with Gasteiger partial charge in [-0.2, -0.15) is 10.2 Å². The van der Waals surface area contributed by atoms with Crippen LogP contribution in [0.15, 0.2) is 24.4 Å². The number of fused-ring (bicyclic) bond motifs is 1. The number of rotatable bonds is 7. The lowest BCUT2D eigenvalue weighted by atomic mass is 10.1. The predicted molar refractivity (Wildman–Crippen MR) is 114 cm³/mol. The predicted octanol–water partition coefficient (Wildman–Crippen LogP) is 1.67. The minimum atomic E-state index is -0.514. The monoisotopic (exact) mass is 407 g/mol. The molecule has 0 saturated carbocycles. The number of carbonyl (C=O) groups excluding carboxylic acids is 1. The van der Waals surface area contributed by atoms with Gasteiger partial charge in [0, 0.05) is 35.8 Å². The standard InChI is InChI=1S/C20H25N9O/c1-5-29-17(8-12(2)25-29)20-22-19(23-24-20)14-9-13(18(21)30)10-16-15(14)11-28(26-16)7-6-27(3)4/h8-11H,5-7H2,1-4H3,(H2,21,30)(H,22,23,24). The second kappa shape index (κ2) is 7.71. The smallest absolute Gasteiger partial charge is 0.248 e. The average Bonchev–Trinajstić information content (AvgIpc) is 3.42. The number of benzene rings is 1. The van der Waals surface area contributed by atoms with E-state index in [1.54, 1.807) is 12.1 Å². The number of nitrogens with one attached hydrogen (secondary N) is 1. The Hall–Kier alpha value is -3.53. The number of aryl methyl sites for hydroxylation is 2. The molecule has 0 aliphatic rings. The van der Waals surface area contributed by atoms with E-state index < -0.39 is 5.91 Å². The van der Waals surface area contributed by atoms with Gasteiger partial charge in [-0.25, -0.2) is 0 Å². The molecule has 4 rings (SSSR count). The Morgan fingerprint density at radius 1 is 1.17 bits per heavy atom. The fraction of sp³-hybridized carbons (Fsp3) is 0.350. The Labute approximate surface area is 173 Å². The fourth-order valence-electron chi connectivity index (χ4n) is 3.40. The van der Waals surface area contributed by atoms with Crippen LogP contribution in [0.1, 0.15) is 23.0 Å². The molecule has 0 atom stereocenters. The highest BCUT2D eigenvalue weighted by Gasteiger charge is 2.18. The first-order valence-electron chi connectivity index (χ1n) is 9.79. The van der Waals surface area contributed by atoms with Crippen LogP contribution in [0.5, 0.6) is 0 Å². The van der Waals surface area contributed by atoms with E-state index >= 15 is 0 Å². The molecule has 3 heterocycles. The minimum Gasteiger partial charge on any atom is -0.366 e. The number of nitrogens with zero attached hydrogens (tertiary/aromatic N) is 7. The van der Waals surface area contributed by atoms with Gasteiger partial charge in [-0.05, 0) is 46.1 Å². The number of likely N-dealkylation sites (N-methyl/N-ethyl adjacent to an activating group) is 1. The zero-order valence-electron chi connectivity index (χ0n) is 17.5. The SMILES string of the molecule is CCn1nc(C)cc1-c1nnc(-c2cc(C(N)=O)cc3nn(CCN(C)C)cc23)[nH]1. The van der Waals surface area contributed by atoms with Gasteiger partial charge in [0.1, 0.15) is 5.69 Å². The zero-order chi connectivity index (χ0) is 21.4. The molecule has 0 bridgehead atoms. The zero-order valence-corrected chi connectivity index (χ0v) is 17.5. The number of hydrogen-bond donors (Lipinski definition) is 2. The van der Waals surface area contributed by atoms with Crippen LogP contribution >= 0.6 is 0 Å². The van der Waals surface area contributed by atoms with Crippen molar-refractivity contribution in [3.05, 3.63) is 35.7 Å². The van der Waals surface area contributed by atoms with Crippen LogP contribution in [0.2, 0.25) is 0 Å². The summed E-state index contributed by atoms with van der Waals surface area (Å²) in [4.78, 5) is 17.2. The largest absolute Gasteiger partial charge is 0.366 e. The van der Waals surface area contributed by atoms with Crippen molar-refractivity contribution < 1.29 is 4.79 Å². The quantitative estimate of drug-likeness (QED) is 0.480. The Bertz CT molecular complexity index is 1210. The molecule has 0 radical (unpaired) electrons. The highest BCUT2D eigenvalue weighted by Crippen LogP contribution is 2.29. The highest BCUT2D eigenvalue weighted by atomic mass is 16.1. The molecule has 1 amide bonds. The van der Waals surface area contributed by atoms with Gasteiger partial charge in [-0.1, -0.05) is 0 Å². The van der Waals surface area contributed by atoms with E-state index in [1.165, 1.54) is 0 Å². The number of nitrogens with two attached hydrogens (primary N) is 1. The summed E-state index contributed by atoms with van der Waals surface area (Å²) >= 11 is 0. The van der Waals surface area contributed by atoms with Gasteiger partial charge in [0.2, 0.25) is 5.91 Å². The number of primary amides is 1. The molecule has 0 saturated heterocycles. The van der Waals surface area contributed by atoms with Gasteiger partial charge >= 0.3 is 0 Å². The summed E-state index contributed by atoms with van der Waals surface area (Å²) in [6, 6.07) is 5.40. The molecule has 30 heavy (non-hydrogen) atoms. The Balaban J connectivity index is 1.81. The summed E-state index contributed by atoms with van der Waals surface area (Å²) in [7, 11) is 4.03. The van der Waals surface area contributed by atoms with E-state index in [1.807, 2.05) is 49.6 Å². The van der Waals surface area contributed by atoms with E-state index in [9.17, 15) is 4.79 Å². The molecule has 0 unspecified atom stereocenters. The molecule has 1 aromatic carbocycles. The Kier molecular flexibility index (Phi) is 5.08. The van der Waals surface area contributed by atoms with Crippen LogP contribution in [0.3, 0.4) is 0 Å². The molecule has 10 nitrogen and oxygen atoms in total. The van der Waals surface area contributed by atoms with Crippen molar-refractivity contribution in [2.45, 2.75) is 26.9 Å². The number of carbonyl (C=O) groups is 1. The molecule has 0 aliphatic carbocycles. The molecule has 10 heteroatoms. The molecule has 3 aromatic heterocycles. The number of aromatic amines is 1. The number of H-pyrrole nitrogens is 1. The summed E-state index contributed by atoms with van der Waals surface area (Å²) in [5, 5.41) is 18.6. The van der Waals surface area contributed by atoms with Crippen LogP contribution in [-0.4, -0.2) is 66.2 Å². The third kappa shape index (κ3) is 3.69. The summed E-state index contributed by atoms with van der Waals surface area (Å²) in [6.07, 6.45) is 1.96. The number of hydrogen-bond acceptors (Lipinski definition) is 6. The first kappa shape index (κ1) is 19.8. The Morgan fingerprint density at radius 3 is 2.63 bits per heavy atom. The third-order valence-corrected chi connectivity index (χ3v) is 4.92. The van der Waals surface area contributed by atoms with Crippen LogP contribution in [-0.2, 0) is 13.1 Å². The molecular weight excluding hydrogens is 382 g/mol. The van der Waals surface area contributed by atoms with Crippen molar-refractivity contribution in [2.24, 2.45) is 5.73 Å². The summed E-state index contributed by atoms with van der Waals surface area (Å²) in [5.74, 6) is 0.650. The van der Waals surface area contributed by atoms with Crippen molar-refractivity contribution in [1.82, 2.24) is 39.6 Å². The van der Waals surface area contributed by atoms with E-state index in [4.69, 9.17) is 5.73 Å². The highest BCUT2D eigenvalue weighted by molar-refractivity contribution is 6.02. The lowest BCUT2D eigenvalue weighted by Crippen LogP contribution is -2.18. The molecule has 3 N–H and O–H groups in total. The van der Waals surface area contributed by atoms with Crippen molar-refractivity contribution in [2.75, 3.05) is 20.6 Å². The van der Waals surface area contributed by atoms with E-state index in [0.29, 0.717) is 22.7 Å². The molecule has 0 fully saturated rings. The molecule has 156 valence electrons. The van der Waals surface area contributed by atoms with Gasteiger partial charge in [-0.15, -0.1) is 10.2 Å². The van der Waals surface area contributed by atoms with Crippen LogP contribution < -0.4 is 5.73 Å². The van der Waals surface area contributed by atoms with Crippen LogP contribution in [0.4, 0.5) is 0 Å². The van der Waals surface area contributed by atoms with Crippen molar-refractivity contribution in [1.29, 1.82) is 0 Å². The van der Waals surface area contributed by atoms with Gasteiger partial charge in [-0.3, -0.25) is 14.2 Å². The first-order valence-corrected chi connectivity index (χ1v) is 9.79. The summed E-state index contributed by atoms with van der Waals surface area (Å²) in [6.45, 7) is 6.26. The lowest BCUT2D eigenvalue weighted by molar-refractivity contribution is 0.100. The molecule has 4 aromatic rings. The first-order chi connectivity index (χ1) is 14.4. The topological polar surface area (TPSA) is 124 Å². The fourth-order valence-corrected chi connectivity index (χ4v) is 3.40. The van der Waals surface area contributed by atoms with Gasteiger partial charge in [0.05, 0.1) is 17.8 Å². The molecular formula is C20H25N9O. The van der Waals surface area contributed by atoms with Gasteiger partial charge in [0.25, 0.3) is 0 Å². The minimum absolute atomic E-state index is 0.378. The second-order valence-electron chi connectivity index (χ2n) is 7.53. The van der Waals surface area contributed by atoms with Crippen molar-refractivity contribution in [3.8, 4) is 22.9 Å². The van der Waals surface area contributed by atoms with Crippen molar-refractivity contribution >= 4 is 16.8 Å². The average molecular weight is 407 g/mol.